The highest BCUT2D eigenvalue weighted by molar-refractivity contribution is 5.67. The average molecular weight is 175 g/mol. The highest BCUT2D eigenvalue weighted by atomic mass is 17.2. The summed E-state index contributed by atoms with van der Waals surface area (Å²) in [5.41, 5.74) is 0. The van der Waals surface area contributed by atoms with E-state index in [4.69, 9.17) is 4.89 Å². The maximum Gasteiger partial charge on any atom is 0.0899 e. The normalized spacial score (nSPS) is 12.8. The van der Waals surface area contributed by atoms with Crippen LogP contribution in [0.4, 0.5) is 0 Å². The Bertz CT molecular complexity index is 124. The Hall–Kier alpha value is -0.610. The lowest BCUT2D eigenvalue weighted by molar-refractivity contribution is -0.329. The van der Waals surface area contributed by atoms with Gasteiger partial charge in [0.05, 0.1) is 13.2 Å². The number of carboxylic acids is 1. The molecule has 0 aliphatic carbocycles. The predicted octanol–water partition coefficient (Wildman–Crippen LogP) is 0.121. The zero-order valence-corrected chi connectivity index (χ0v) is 7.54. The lowest BCUT2D eigenvalue weighted by Crippen LogP contribution is -2.32. The van der Waals surface area contributed by atoms with E-state index in [-0.39, 0.29) is 6.61 Å². The van der Waals surface area contributed by atoms with E-state index in [0.29, 0.717) is 6.61 Å². The number of carbonyl (C=O) groups is 1. The van der Waals surface area contributed by atoms with Crippen LogP contribution in [0.25, 0.3) is 0 Å². The zero-order chi connectivity index (χ0) is 9.40. The minimum atomic E-state index is -1.12. The van der Waals surface area contributed by atoms with E-state index in [1.54, 1.807) is 0 Å². The van der Waals surface area contributed by atoms with Crippen LogP contribution in [0.1, 0.15) is 26.7 Å². The fourth-order valence-corrected chi connectivity index (χ4v) is 0.480. The topological polar surface area (TPSA) is 58.6 Å². The molecule has 1 unspecified atom stereocenters. The van der Waals surface area contributed by atoms with Crippen LogP contribution in [0, 0.1) is 5.92 Å². The van der Waals surface area contributed by atoms with Crippen LogP contribution in [0.15, 0.2) is 0 Å². The molecule has 0 amide bonds. The molecule has 0 bridgehead atoms. The summed E-state index contributed by atoms with van der Waals surface area (Å²) in [4.78, 5) is 19.5. The molecule has 0 aromatic carbocycles. The van der Waals surface area contributed by atoms with Crippen molar-refractivity contribution in [2.75, 3.05) is 13.2 Å². The third kappa shape index (κ3) is 6.12. The van der Waals surface area contributed by atoms with E-state index in [9.17, 15) is 9.90 Å². The molecular formula is C8H15O4-. The van der Waals surface area contributed by atoms with Crippen LogP contribution in [-0.4, -0.2) is 19.2 Å². The van der Waals surface area contributed by atoms with Gasteiger partial charge in [0.25, 0.3) is 0 Å². The number of carboxylic acid groups (broad SMARTS) is 1. The van der Waals surface area contributed by atoms with Crippen LogP contribution >= 0.6 is 0 Å². The van der Waals surface area contributed by atoms with Gasteiger partial charge in [-0.15, -0.1) is 0 Å². The summed E-state index contributed by atoms with van der Waals surface area (Å²) in [6.07, 6.45) is 1.94. The van der Waals surface area contributed by atoms with Gasteiger partial charge in [-0.3, -0.25) is 0 Å². The summed E-state index contributed by atoms with van der Waals surface area (Å²) < 4.78 is 0. The lowest BCUT2D eigenvalue weighted by atomic mass is 10.2. The third-order valence-electron chi connectivity index (χ3n) is 1.38. The van der Waals surface area contributed by atoms with Crippen LogP contribution < -0.4 is 5.11 Å². The Morgan fingerprint density at radius 2 is 2.17 bits per heavy atom. The molecule has 0 spiro atoms. The molecular weight excluding hydrogens is 160 g/mol. The van der Waals surface area contributed by atoms with E-state index in [0.717, 1.165) is 12.8 Å². The van der Waals surface area contributed by atoms with Gasteiger partial charge < -0.3 is 9.90 Å². The van der Waals surface area contributed by atoms with Gasteiger partial charge in [0.2, 0.25) is 0 Å². The van der Waals surface area contributed by atoms with Gasteiger partial charge in [0.15, 0.2) is 0 Å². The maximum absolute atomic E-state index is 10.2. The fraction of sp³-hybridized carbons (Fsp3) is 0.875. The minimum absolute atomic E-state index is 0.0477. The minimum Gasteiger partial charge on any atom is -0.550 e. The van der Waals surface area contributed by atoms with E-state index in [2.05, 4.69) is 4.89 Å². The highest BCUT2D eigenvalue weighted by Gasteiger charge is 2.02. The number of aliphatic carboxylic acids is 1. The Labute approximate surface area is 72.4 Å². The summed E-state index contributed by atoms with van der Waals surface area (Å²) in [5, 5.41) is 10.2. The maximum atomic E-state index is 10.2. The number of hydrogen-bond acceptors (Lipinski definition) is 4. The van der Waals surface area contributed by atoms with Crippen molar-refractivity contribution in [3.8, 4) is 0 Å². The fourth-order valence-electron chi connectivity index (χ4n) is 0.480. The molecule has 0 aliphatic rings. The third-order valence-corrected chi connectivity index (χ3v) is 1.38. The summed E-state index contributed by atoms with van der Waals surface area (Å²) >= 11 is 0. The Morgan fingerprint density at radius 3 is 2.67 bits per heavy atom. The first-order valence-electron chi connectivity index (χ1n) is 4.13. The van der Waals surface area contributed by atoms with Crippen LogP contribution in [0.5, 0.6) is 0 Å². The van der Waals surface area contributed by atoms with Gasteiger partial charge in [-0.25, -0.2) is 9.78 Å². The predicted molar refractivity (Wildman–Crippen MR) is 41.0 cm³/mol. The summed E-state index contributed by atoms with van der Waals surface area (Å²) in [6.45, 7) is 4.11. The van der Waals surface area contributed by atoms with Gasteiger partial charge in [0.1, 0.15) is 0 Å². The van der Waals surface area contributed by atoms with Gasteiger partial charge >= 0.3 is 0 Å². The Morgan fingerprint density at radius 1 is 1.50 bits per heavy atom. The summed E-state index contributed by atoms with van der Waals surface area (Å²) in [7, 11) is 0. The molecule has 72 valence electrons. The lowest BCUT2D eigenvalue weighted by Gasteiger charge is -2.11. The van der Waals surface area contributed by atoms with Gasteiger partial charge in [-0.05, 0) is 6.42 Å². The molecule has 0 aromatic heterocycles. The van der Waals surface area contributed by atoms with E-state index in [1.807, 2.05) is 6.92 Å². The van der Waals surface area contributed by atoms with E-state index in [1.165, 1.54) is 6.92 Å². The number of carbonyl (C=O) groups excluding carboxylic acids is 1. The molecule has 0 heterocycles. The van der Waals surface area contributed by atoms with E-state index < -0.39 is 11.9 Å². The van der Waals surface area contributed by atoms with Crippen molar-refractivity contribution in [3.05, 3.63) is 0 Å². The molecule has 0 rings (SSSR count). The van der Waals surface area contributed by atoms with Crippen molar-refractivity contribution in [1.29, 1.82) is 0 Å². The second-order valence-corrected chi connectivity index (χ2v) is 2.68. The molecule has 0 N–H and O–H groups in total. The SMILES string of the molecule is CCCCOOCC(C)C(=O)[O-]. The van der Waals surface area contributed by atoms with Crippen molar-refractivity contribution in [3.63, 3.8) is 0 Å². The first-order valence-corrected chi connectivity index (χ1v) is 4.13. The molecule has 0 aromatic rings. The molecule has 0 aliphatic heterocycles. The van der Waals surface area contributed by atoms with Gasteiger partial charge in [-0.2, -0.15) is 0 Å². The molecule has 4 nitrogen and oxygen atoms in total. The van der Waals surface area contributed by atoms with E-state index >= 15 is 0 Å². The summed E-state index contributed by atoms with van der Waals surface area (Å²) in [5.74, 6) is -1.74. The molecule has 0 radical (unpaired) electrons. The Kier molecular flexibility index (Phi) is 6.70. The standard InChI is InChI=1S/C8H16O4/c1-3-4-5-11-12-6-7(2)8(9)10/h7H,3-6H2,1-2H3,(H,9,10)/p-1. The van der Waals surface area contributed by atoms with Crippen LogP contribution in [0.2, 0.25) is 0 Å². The quantitative estimate of drug-likeness (QED) is 0.313. The first kappa shape index (κ1) is 11.4. The van der Waals surface area contributed by atoms with Crippen molar-refractivity contribution in [2.45, 2.75) is 26.7 Å². The van der Waals surface area contributed by atoms with Crippen molar-refractivity contribution in [2.24, 2.45) is 5.92 Å². The molecule has 0 saturated heterocycles. The van der Waals surface area contributed by atoms with Gasteiger partial charge in [-0.1, -0.05) is 20.3 Å². The van der Waals surface area contributed by atoms with Crippen molar-refractivity contribution in [1.82, 2.24) is 0 Å². The van der Waals surface area contributed by atoms with Crippen LogP contribution in [-0.2, 0) is 14.6 Å². The highest BCUT2D eigenvalue weighted by Crippen LogP contribution is 1.95. The van der Waals surface area contributed by atoms with Crippen molar-refractivity contribution < 1.29 is 19.7 Å². The second kappa shape index (κ2) is 7.06. The Balaban J connectivity index is 3.14. The monoisotopic (exact) mass is 175 g/mol. The number of hydrogen-bond donors (Lipinski definition) is 0. The van der Waals surface area contributed by atoms with Gasteiger partial charge in [0, 0.05) is 11.9 Å². The molecule has 4 heteroatoms. The number of unbranched alkanes of at least 4 members (excludes halogenated alkanes) is 1. The summed E-state index contributed by atoms with van der Waals surface area (Å²) in [6, 6.07) is 0. The van der Waals surface area contributed by atoms with Crippen molar-refractivity contribution >= 4 is 5.97 Å². The second-order valence-electron chi connectivity index (χ2n) is 2.68. The number of rotatable bonds is 7. The molecule has 1 atom stereocenters. The largest absolute Gasteiger partial charge is 0.550 e. The zero-order valence-electron chi connectivity index (χ0n) is 7.54. The molecule has 12 heavy (non-hydrogen) atoms. The smallest absolute Gasteiger partial charge is 0.0899 e. The van der Waals surface area contributed by atoms with Crippen LogP contribution in [0.3, 0.4) is 0 Å². The first-order chi connectivity index (χ1) is 5.68. The molecule has 0 saturated carbocycles. The molecule has 0 fully saturated rings. The average Bonchev–Trinajstić information content (AvgIpc) is 2.03.